The van der Waals surface area contributed by atoms with E-state index < -0.39 is 0 Å². The molecule has 1 aromatic carbocycles. The third-order valence-corrected chi connectivity index (χ3v) is 1.71. The molecular formula is C10H11F. The summed E-state index contributed by atoms with van der Waals surface area (Å²) in [6.07, 6.45) is 2.60. The zero-order valence-corrected chi connectivity index (χ0v) is 6.60. The molecule has 0 aliphatic carbocycles. The van der Waals surface area contributed by atoms with Crippen LogP contribution in [-0.2, 0) is 6.42 Å². The summed E-state index contributed by atoms with van der Waals surface area (Å²) in [5, 5.41) is 0. The van der Waals surface area contributed by atoms with E-state index in [1.54, 1.807) is 12.1 Å². The minimum absolute atomic E-state index is 0.197. The van der Waals surface area contributed by atoms with Gasteiger partial charge < -0.3 is 0 Å². The molecule has 0 aliphatic rings. The van der Waals surface area contributed by atoms with Crippen molar-refractivity contribution in [3.8, 4) is 0 Å². The SMILES string of the molecule is C=Cc1cc(F)ccc1CC. The van der Waals surface area contributed by atoms with E-state index in [4.69, 9.17) is 0 Å². The van der Waals surface area contributed by atoms with Crippen LogP contribution >= 0.6 is 0 Å². The monoisotopic (exact) mass is 150 g/mol. The molecule has 1 rings (SSSR count). The van der Waals surface area contributed by atoms with Gasteiger partial charge in [-0.25, -0.2) is 4.39 Å². The fourth-order valence-corrected chi connectivity index (χ4v) is 1.08. The first-order valence-electron chi connectivity index (χ1n) is 3.68. The van der Waals surface area contributed by atoms with Gasteiger partial charge >= 0.3 is 0 Å². The summed E-state index contributed by atoms with van der Waals surface area (Å²) in [5.41, 5.74) is 2.04. The Bertz CT molecular complexity index is 264. The maximum Gasteiger partial charge on any atom is 0.123 e. The highest BCUT2D eigenvalue weighted by Gasteiger charge is 1.97. The largest absolute Gasteiger partial charge is 0.207 e. The van der Waals surface area contributed by atoms with Crippen LogP contribution in [-0.4, -0.2) is 0 Å². The summed E-state index contributed by atoms with van der Waals surface area (Å²) in [6.45, 7) is 5.66. The molecule has 0 amide bonds. The van der Waals surface area contributed by atoms with Crippen LogP contribution in [0.4, 0.5) is 4.39 Å². The van der Waals surface area contributed by atoms with Crippen molar-refractivity contribution in [3.63, 3.8) is 0 Å². The van der Waals surface area contributed by atoms with Gasteiger partial charge in [-0.05, 0) is 29.7 Å². The van der Waals surface area contributed by atoms with Gasteiger partial charge in [0.15, 0.2) is 0 Å². The second-order valence-corrected chi connectivity index (χ2v) is 2.40. The van der Waals surface area contributed by atoms with Crippen LogP contribution in [0, 0.1) is 5.82 Å². The van der Waals surface area contributed by atoms with Gasteiger partial charge in [0.05, 0.1) is 0 Å². The summed E-state index contributed by atoms with van der Waals surface area (Å²) in [7, 11) is 0. The van der Waals surface area contributed by atoms with Crippen LogP contribution in [0.5, 0.6) is 0 Å². The van der Waals surface area contributed by atoms with Crippen molar-refractivity contribution in [2.75, 3.05) is 0 Å². The van der Waals surface area contributed by atoms with Crippen molar-refractivity contribution in [1.82, 2.24) is 0 Å². The van der Waals surface area contributed by atoms with Gasteiger partial charge in [0.2, 0.25) is 0 Å². The summed E-state index contributed by atoms with van der Waals surface area (Å²) < 4.78 is 12.6. The number of benzene rings is 1. The minimum Gasteiger partial charge on any atom is -0.207 e. The first kappa shape index (κ1) is 7.99. The lowest BCUT2D eigenvalue weighted by Gasteiger charge is -2.01. The predicted molar refractivity (Wildman–Crippen MR) is 45.9 cm³/mol. The average Bonchev–Trinajstić information content (AvgIpc) is 2.04. The third kappa shape index (κ3) is 1.67. The Kier molecular flexibility index (Phi) is 2.42. The molecule has 0 saturated heterocycles. The molecule has 0 fully saturated rings. The Morgan fingerprint density at radius 3 is 2.82 bits per heavy atom. The van der Waals surface area contributed by atoms with E-state index in [1.165, 1.54) is 12.1 Å². The maximum absolute atomic E-state index is 12.6. The fourth-order valence-electron chi connectivity index (χ4n) is 1.08. The van der Waals surface area contributed by atoms with Crippen molar-refractivity contribution in [2.45, 2.75) is 13.3 Å². The molecule has 1 aromatic rings. The van der Waals surface area contributed by atoms with E-state index in [0.29, 0.717) is 0 Å². The van der Waals surface area contributed by atoms with Gasteiger partial charge in [0.1, 0.15) is 5.82 Å². The molecule has 0 heterocycles. The molecule has 0 nitrogen and oxygen atoms in total. The molecule has 11 heavy (non-hydrogen) atoms. The van der Waals surface area contributed by atoms with E-state index in [9.17, 15) is 4.39 Å². The maximum atomic E-state index is 12.6. The molecule has 0 N–H and O–H groups in total. The van der Waals surface area contributed by atoms with Crippen molar-refractivity contribution in [2.24, 2.45) is 0 Å². The molecule has 0 unspecified atom stereocenters. The molecule has 0 saturated carbocycles. The highest BCUT2D eigenvalue weighted by Crippen LogP contribution is 2.12. The third-order valence-electron chi connectivity index (χ3n) is 1.71. The molecule has 0 radical (unpaired) electrons. The van der Waals surface area contributed by atoms with Crippen molar-refractivity contribution in [3.05, 3.63) is 41.7 Å². The molecule has 1 heteroatoms. The Morgan fingerprint density at radius 2 is 2.27 bits per heavy atom. The first-order chi connectivity index (χ1) is 5.27. The van der Waals surface area contributed by atoms with Gasteiger partial charge in [-0.3, -0.25) is 0 Å². The second kappa shape index (κ2) is 3.33. The van der Waals surface area contributed by atoms with Crippen LogP contribution < -0.4 is 0 Å². The minimum atomic E-state index is -0.197. The second-order valence-electron chi connectivity index (χ2n) is 2.40. The topological polar surface area (TPSA) is 0 Å². The summed E-state index contributed by atoms with van der Waals surface area (Å²) in [4.78, 5) is 0. The highest BCUT2D eigenvalue weighted by molar-refractivity contribution is 5.51. The van der Waals surface area contributed by atoms with E-state index in [0.717, 1.165) is 17.5 Å². The zero-order valence-electron chi connectivity index (χ0n) is 6.60. The van der Waals surface area contributed by atoms with Crippen molar-refractivity contribution < 1.29 is 4.39 Å². The summed E-state index contributed by atoms with van der Waals surface area (Å²) >= 11 is 0. The molecule has 0 atom stereocenters. The Labute approximate surface area is 66.4 Å². The lowest BCUT2D eigenvalue weighted by molar-refractivity contribution is 0.626. The predicted octanol–water partition coefficient (Wildman–Crippen LogP) is 3.03. The summed E-state index contributed by atoms with van der Waals surface area (Å²) in [5.74, 6) is -0.197. The quantitative estimate of drug-likeness (QED) is 0.607. The Morgan fingerprint density at radius 1 is 1.55 bits per heavy atom. The molecule has 0 bridgehead atoms. The lowest BCUT2D eigenvalue weighted by Crippen LogP contribution is -1.86. The zero-order chi connectivity index (χ0) is 8.27. The highest BCUT2D eigenvalue weighted by atomic mass is 19.1. The standard InChI is InChI=1S/C10H11F/c1-3-8-5-6-10(11)7-9(8)4-2/h4-7H,2-3H2,1H3. The normalized spacial score (nSPS) is 9.64. The van der Waals surface area contributed by atoms with Crippen molar-refractivity contribution >= 4 is 6.08 Å². The lowest BCUT2D eigenvalue weighted by atomic mass is 10.1. The van der Waals surface area contributed by atoms with Gasteiger partial charge in [0.25, 0.3) is 0 Å². The Balaban J connectivity index is 3.16. The van der Waals surface area contributed by atoms with Crippen molar-refractivity contribution in [1.29, 1.82) is 0 Å². The number of aryl methyl sites for hydroxylation is 1. The van der Waals surface area contributed by atoms with E-state index in [1.807, 2.05) is 6.92 Å². The average molecular weight is 150 g/mol. The molecule has 0 aliphatic heterocycles. The van der Waals surface area contributed by atoms with Gasteiger partial charge in [-0.15, -0.1) is 0 Å². The van der Waals surface area contributed by atoms with E-state index in [-0.39, 0.29) is 5.82 Å². The van der Waals surface area contributed by atoms with Crippen LogP contribution in [0.2, 0.25) is 0 Å². The van der Waals surface area contributed by atoms with Crippen LogP contribution in [0.3, 0.4) is 0 Å². The molecule has 58 valence electrons. The van der Waals surface area contributed by atoms with Crippen LogP contribution in [0.25, 0.3) is 6.08 Å². The van der Waals surface area contributed by atoms with Gasteiger partial charge in [0, 0.05) is 0 Å². The van der Waals surface area contributed by atoms with E-state index >= 15 is 0 Å². The molecule has 0 aromatic heterocycles. The van der Waals surface area contributed by atoms with Gasteiger partial charge in [-0.2, -0.15) is 0 Å². The van der Waals surface area contributed by atoms with Crippen LogP contribution in [0.1, 0.15) is 18.1 Å². The molecule has 0 spiro atoms. The number of hydrogen-bond donors (Lipinski definition) is 0. The smallest absolute Gasteiger partial charge is 0.123 e. The first-order valence-corrected chi connectivity index (χ1v) is 3.68. The van der Waals surface area contributed by atoms with Gasteiger partial charge in [-0.1, -0.05) is 25.6 Å². The van der Waals surface area contributed by atoms with Crippen LogP contribution in [0.15, 0.2) is 24.8 Å². The Hall–Kier alpha value is -1.11. The molecular weight excluding hydrogens is 139 g/mol. The fraction of sp³-hybridized carbons (Fsp3) is 0.200. The van der Waals surface area contributed by atoms with E-state index in [2.05, 4.69) is 6.58 Å². The summed E-state index contributed by atoms with van der Waals surface area (Å²) in [6, 6.07) is 4.78. The number of rotatable bonds is 2. The number of hydrogen-bond acceptors (Lipinski definition) is 0. The number of halogens is 1.